The minimum absolute atomic E-state index is 0.295. The van der Waals surface area contributed by atoms with E-state index in [1.54, 1.807) is 30.5 Å². The van der Waals surface area contributed by atoms with E-state index in [9.17, 15) is 4.39 Å². The van der Waals surface area contributed by atoms with Crippen molar-refractivity contribution in [1.82, 2.24) is 15.0 Å². The monoisotopic (exact) mass is 399 g/mol. The fourth-order valence-corrected chi connectivity index (χ4v) is 3.13. The summed E-state index contributed by atoms with van der Waals surface area (Å²) in [7, 11) is 1.88. The average Bonchev–Trinajstić information content (AvgIpc) is 2.80. The van der Waals surface area contributed by atoms with E-state index in [4.69, 9.17) is 0 Å². The van der Waals surface area contributed by atoms with E-state index in [0.29, 0.717) is 28.8 Å². The molecule has 30 heavy (non-hydrogen) atoms. The Morgan fingerprint density at radius 2 is 1.60 bits per heavy atom. The Labute approximate surface area is 175 Å². The molecule has 0 fully saturated rings. The molecule has 2 aromatic carbocycles. The second-order valence-electron chi connectivity index (χ2n) is 6.82. The van der Waals surface area contributed by atoms with E-state index < -0.39 is 0 Å². The Morgan fingerprint density at radius 3 is 2.43 bits per heavy atom. The molecule has 0 saturated heterocycles. The fraction of sp³-hybridized carbons (Fsp3) is 0.125. The first-order valence-electron chi connectivity index (χ1n) is 9.77. The van der Waals surface area contributed by atoms with E-state index in [0.717, 1.165) is 13.0 Å². The van der Waals surface area contributed by atoms with Gasteiger partial charge in [-0.1, -0.05) is 48.5 Å². The maximum atomic E-state index is 14.1. The van der Waals surface area contributed by atoms with Crippen LogP contribution in [-0.4, -0.2) is 28.5 Å². The highest BCUT2D eigenvalue weighted by atomic mass is 19.1. The van der Waals surface area contributed by atoms with Gasteiger partial charge >= 0.3 is 0 Å². The van der Waals surface area contributed by atoms with Crippen molar-refractivity contribution in [3.05, 3.63) is 96.4 Å². The Kier molecular flexibility index (Phi) is 5.94. The van der Waals surface area contributed by atoms with Crippen LogP contribution in [0.4, 0.5) is 22.0 Å². The molecule has 0 amide bonds. The summed E-state index contributed by atoms with van der Waals surface area (Å²) in [6.45, 7) is 0.734. The quantitative estimate of drug-likeness (QED) is 0.469. The first kappa shape index (κ1) is 19.5. The molecule has 2 heterocycles. The van der Waals surface area contributed by atoms with Gasteiger partial charge in [0, 0.05) is 25.4 Å². The Hall–Kier alpha value is -3.80. The summed E-state index contributed by atoms with van der Waals surface area (Å²) in [6, 6.07) is 24.2. The van der Waals surface area contributed by atoms with Gasteiger partial charge in [-0.2, -0.15) is 4.98 Å². The summed E-state index contributed by atoms with van der Waals surface area (Å²) >= 11 is 0. The van der Waals surface area contributed by atoms with Gasteiger partial charge in [0.1, 0.15) is 17.5 Å². The molecule has 0 aliphatic carbocycles. The van der Waals surface area contributed by atoms with Gasteiger partial charge in [0.25, 0.3) is 0 Å². The second-order valence-corrected chi connectivity index (χ2v) is 6.82. The molecule has 0 spiro atoms. The standard InChI is InChI=1S/C24H22FN5/c1-30(22-13-7-12-21(28-22)19-10-5-6-11-20(19)25)23-15-17-27-24(29-23)26-16-14-18-8-3-2-4-9-18/h2-13,15,17H,14,16H2,1H3,(H,26,27,29). The highest BCUT2D eigenvalue weighted by molar-refractivity contribution is 5.64. The lowest BCUT2D eigenvalue weighted by Gasteiger charge is -2.18. The zero-order valence-corrected chi connectivity index (χ0v) is 16.7. The molecule has 0 saturated carbocycles. The number of hydrogen-bond acceptors (Lipinski definition) is 5. The summed E-state index contributed by atoms with van der Waals surface area (Å²) in [5.74, 6) is 1.63. The lowest BCUT2D eigenvalue weighted by molar-refractivity contribution is 0.631. The molecule has 6 heteroatoms. The van der Waals surface area contributed by atoms with Gasteiger partial charge in [-0.25, -0.2) is 14.4 Å². The van der Waals surface area contributed by atoms with E-state index in [1.807, 2.05) is 48.3 Å². The van der Waals surface area contributed by atoms with Crippen molar-refractivity contribution < 1.29 is 4.39 Å². The summed E-state index contributed by atoms with van der Waals surface area (Å²) < 4.78 is 14.1. The molecular weight excluding hydrogens is 377 g/mol. The number of hydrogen-bond donors (Lipinski definition) is 1. The van der Waals surface area contributed by atoms with E-state index in [2.05, 4.69) is 32.4 Å². The van der Waals surface area contributed by atoms with Crippen LogP contribution in [0.2, 0.25) is 0 Å². The molecule has 0 aliphatic heterocycles. The number of benzene rings is 2. The van der Waals surface area contributed by atoms with Crippen molar-refractivity contribution in [2.45, 2.75) is 6.42 Å². The van der Waals surface area contributed by atoms with Crippen LogP contribution in [-0.2, 0) is 6.42 Å². The maximum Gasteiger partial charge on any atom is 0.224 e. The number of aromatic nitrogens is 3. The molecule has 0 radical (unpaired) electrons. The zero-order valence-electron chi connectivity index (χ0n) is 16.7. The zero-order chi connectivity index (χ0) is 20.8. The summed E-state index contributed by atoms with van der Waals surface area (Å²) in [4.78, 5) is 15.4. The summed E-state index contributed by atoms with van der Waals surface area (Å²) in [6.07, 6.45) is 2.60. The van der Waals surface area contributed by atoms with Crippen molar-refractivity contribution in [1.29, 1.82) is 0 Å². The Bertz CT molecular complexity index is 1120. The smallest absolute Gasteiger partial charge is 0.224 e. The van der Waals surface area contributed by atoms with Gasteiger partial charge in [0.2, 0.25) is 5.95 Å². The maximum absolute atomic E-state index is 14.1. The van der Waals surface area contributed by atoms with Crippen molar-refractivity contribution >= 4 is 17.6 Å². The predicted molar refractivity (Wildman–Crippen MR) is 118 cm³/mol. The molecule has 1 N–H and O–H groups in total. The SMILES string of the molecule is CN(c1cccc(-c2ccccc2F)n1)c1ccnc(NCCc2ccccc2)n1. The highest BCUT2D eigenvalue weighted by Gasteiger charge is 2.11. The van der Waals surface area contributed by atoms with Crippen LogP contribution in [0.25, 0.3) is 11.3 Å². The number of rotatable bonds is 7. The van der Waals surface area contributed by atoms with E-state index >= 15 is 0 Å². The second kappa shape index (κ2) is 9.13. The first-order valence-corrected chi connectivity index (χ1v) is 9.77. The summed E-state index contributed by atoms with van der Waals surface area (Å²) in [5, 5.41) is 3.27. The molecule has 0 unspecified atom stereocenters. The van der Waals surface area contributed by atoms with Crippen molar-refractivity contribution in [2.24, 2.45) is 0 Å². The third-order valence-electron chi connectivity index (χ3n) is 4.75. The molecule has 2 aromatic heterocycles. The van der Waals surface area contributed by atoms with Crippen LogP contribution < -0.4 is 10.2 Å². The molecule has 0 atom stereocenters. The lowest BCUT2D eigenvalue weighted by atomic mass is 10.1. The molecular formula is C24H22FN5. The van der Waals surface area contributed by atoms with Gasteiger partial charge in [-0.3, -0.25) is 0 Å². The molecule has 0 aliphatic rings. The minimum Gasteiger partial charge on any atom is -0.354 e. The first-order chi connectivity index (χ1) is 14.7. The van der Waals surface area contributed by atoms with E-state index in [1.165, 1.54) is 11.6 Å². The Balaban J connectivity index is 1.48. The van der Waals surface area contributed by atoms with Crippen LogP contribution in [0.15, 0.2) is 85.1 Å². The number of nitrogens with one attached hydrogen (secondary N) is 1. The van der Waals surface area contributed by atoms with Crippen molar-refractivity contribution in [2.75, 3.05) is 23.8 Å². The van der Waals surface area contributed by atoms with Crippen LogP contribution in [0, 0.1) is 5.82 Å². The average molecular weight is 399 g/mol. The van der Waals surface area contributed by atoms with Crippen molar-refractivity contribution in [3.63, 3.8) is 0 Å². The molecule has 0 bridgehead atoms. The molecule has 4 aromatic rings. The number of nitrogens with zero attached hydrogens (tertiary/aromatic N) is 4. The van der Waals surface area contributed by atoms with Gasteiger partial charge in [-0.05, 0) is 42.3 Å². The number of halogens is 1. The van der Waals surface area contributed by atoms with Gasteiger partial charge in [0.15, 0.2) is 0 Å². The minimum atomic E-state index is -0.295. The van der Waals surface area contributed by atoms with Crippen molar-refractivity contribution in [3.8, 4) is 11.3 Å². The van der Waals surface area contributed by atoms with Gasteiger partial charge < -0.3 is 10.2 Å². The van der Waals surface area contributed by atoms with Crippen LogP contribution in [0.1, 0.15) is 5.56 Å². The van der Waals surface area contributed by atoms with E-state index in [-0.39, 0.29) is 5.82 Å². The Morgan fingerprint density at radius 1 is 0.833 bits per heavy atom. The molecule has 4 rings (SSSR count). The number of anilines is 3. The normalized spacial score (nSPS) is 10.6. The fourth-order valence-electron chi connectivity index (χ4n) is 3.13. The van der Waals surface area contributed by atoms with Gasteiger partial charge in [0.05, 0.1) is 5.69 Å². The lowest BCUT2D eigenvalue weighted by Crippen LogP contribution is -2.15. The van der Waals surface area contributed by atoms with Crippen LogP contribution in [0.3, 0.4) is 0 Å². The molecule has 5 nitrogen and oxygen atoms in total. The van der Waals surface area contributed by atoms with Crippen LogP contribution in [0.5, 0.6) is 0 Å². The third-order valence-corrected chi connectivity index (χ3v) is 4.75. The number of pyridine rings is 1. The largest absolute Gasteiger partial charge is 0.354 e. The molecule has 150 valence electrons. The predicted octanol–water partition coefficient (Wildman–Crippen LogP) is 5.10. The van der Waals surface area contributed by atoms with Gasteiger partial charge in [-0.15, -0.1) is 0 Å². The van der Waals surface area contributed by atoms with Crippen LogP contribution >= 0.6 is 0 Å². The summed E-state index contributed by atoms with van der Waals surface area (Å²) in [5.41, 5.74) is 2.30. The third kappa shape index (κ3) is 4.60. The highest BCUT2D eigenvalue weighted by Crippen LogP contribution is 2.25. The topological polar surface area (TPSA) is 53.9 Å².